The lowest BCUT2D eigenvalue weighted by Crippen LogP contribution is -2.21. The molecule has 0 saturated carbocycles. The minimum absolute atomic E-state index is 0.0199. The maximum Gasteiger partial charge on any atom is 0.129 e. The second-order valence-electron chi connectivity index (χ2n) is 6.20. The van der Waals surface area contributed by atoms with Crippen molar-refractivity contribution in [3.05, 3.63) is 95.6 Å². The van der Waals surface area contributed by atoms with Crippen molar-refractivity contribution in [2.24, 2.45) is 5.10 Å². The Bertz CT molecular complexity index is 903. The number of benzene rings is 3. The monoisotopic (exact) mass is 328 g/mol. The molecule has 4 rings (SSSR count). The van der Waals surface area contributed by atoms with Gasteiger partial charge in [0.15, 0.2) is 0 Å². The van der Waals surface area contributed by atoms with Crippen molar-refractivity contribution in [2.75, 3.05) is 5.43 Å². The maximum atomic E-state index is 6.22. The fourth-order valence-electron chi connectivity index (χ4n) is 3.07. The van der Waals surface area contributed by atoms with Crippen LogP contribution in [0.4, 0.5) is 5.69 Å². The highest BCUT2D eigenvalue weighted by Gasteiger charge is 2.26. The van der Waals surface area contributed by atoms with Crippen molar-refractivity contribution < 1.29 is 4.74 Å². The molecule has 0 aromatic heterocycles. The smallest absolute Gasteiger partial charge is 0.129 e. The van der Waals surface area contributed by atoms with Crippen LogP contribution >= 0.6 is 0 Å². The molecule has 3 heteroatoms. The molecule has 1 aliphatic heterocycles. The molecule has 0 bridgehead atoms. The number of hydrazone groups is 1. The first kappa shape index (κ1) is 15.5. The predicted octanol–water partition coefficient (Wildman–Crippen LogP) is 5.34. The Balaban J connectivity index is 1.68. The van der Waals surface area contributed by atoms with Crippen molar-refractivity contribution in [3.63, 3.8) is 0 Å². The molecule has 3 aromatic rings. The molecular weight excluding hydrogens is 308 g/mol. The van der Waals surface area contributed by atoms with E-state index in [1.807, 2.05) is 54.6 Å². The average Bonchev–Trinajstić information content (AvgIpc) is 2.67. The summed E-state index contributed by atoms with van der Waals surface area (Å²) in [6, 6.07) is 26.6. The summed E-state index contributed by atoms with van der Waals surface area (Å²) < 4.78 is 6.22. The van der Waals surface area contributed by atoms with Gasteiger partial charge in [-0.1, -0.05) is 60.7 Å². The Kier molecular flexibility index (Phi) is 4.21. The van der Waals surface area contributed by atoms with Crippen LogP contribution in [0.1, 0.15) is 29.2 Å². The first-order valence-corrected chi connectivity index (χ1v) is 8.50. The summed E-state index contributed by atoms with van der Waals surface area (Å²) in [6.07, 6.45) is 0.716. The van der Waals surface area contributed by atoms with E-state index in [4.69, 9.17) is 9.84 Å². The summed E-state index contributed by atoms with van der Waals surface area (Å²) in [5, 5.41) is 4.72. The number of nitrogens with one attached hydrogen (secondary N) is 1. The number of anilines is 1. The standard InChI is InChI=1S/C22H20N2O/c1-16-9-5-7-13-19(16)23-24-20-15-22(17-10-3-2-4-11-17)25-21-14-8-6-12-18(20)21/h2-14,22-23H,15H2,1H3/t22-/m1/s1. The average molecular weight is 328 g/mol. The van der Waals surface area contributed by atoms with Gasteiger partial charge in [-0.25, -0.2) is 0 Å². The van der Waals surface area contributed by atoms with Gasteiger partial charge in [-0.05, 0) is 36.2 Å². The van der Waals surface area contributed by atoms with Crippen molar-refractivity contribution in [1.29, 1.82) is 0 Å². The lowest BCUT2D eigenvalue weighted by Gasteiger charge is -2.27. The van der Waals surface area contributed by atoms with Gasteiger partial charge in [-0.2, -0.15) is 5.10 Å². The number of para-hydroxylation sites is 2. The molecule has 3 aromatic carbocycles. The van der Waals surface area contributed by atoms with Gasteiger partial charge in [0.1, 0.15) is 11.9 Å². The first-order valence-electron chi connectivity index (χ1n) is 8.50. The fourth-order valence-corrected chi connectivity index (χ4v) is 3.07. The van der Waals surface area contributed by atoms with Gasteiger partial charge in [0.05, 0.1) is 11.4 Å². The van der Waals surface area contributed by atoms with E-state index in [0.29, 0.717) is 0 Å². The number of hydrogen-bond acceptors (Lipinski definition) is 3. The molecule has 0 unspecified atom stereocenters. The Morgan fingerprint density at radius 2 is 1.60 bits per heavy atom. The molecule has 1 atom stereocenters. The van der Waals surface area contributed by atoms with Crippen molar-refractivity contribution in [3.8, 4) is 5.75 Å². The predicted molar refractivity (Wildman–Crippen MR) is 102 cm³/mol. The zero-order valence-corrected chi connectivity index (χ0v) is 14.1. The molecular formula is C22H20N2O. The molecule has 1 heterocycles. The molecule has 0 radical (unpaired) electrons. The molecule has 3 nitrogen and oxygen atoms in total. The first-order chi connectivity index (χ1) is 12.3. The van der Waals surface area contributed by atoms with E-state index >= 15 is 0 Å². The molecule has 25 heavy (non-hydrogen) atoms. The zero-order chi connectivity index (χ0) is 17.1. The fraction of sp³-hybridized carbons (Fsp3) is 0.136. The van der Waals surface area contributed by atoms with Gasteiger partial charge >= 0.3 is 0 Å². The third kappa shape index (κ3) is 3.26. The minimum atomic E-state index is -0.0199. The van der Waals surface area contributed by atoms with Crippen LogP contribution < -0.4 is 10.2 Å². The second-order valence-corrected chi connectivity index (χ2v) is 6.20. The summed E-state index contributed by atoms with van der Waals surface area (Å²) in [5.41, 5.74) is 8.66. The molecule has 0 spiro atoms. The molecule has 0 amide bonds. The van der Waals surface area contributed by atoms with Crippen molar-refractivity contribution in [1.82, 2.24) is 0 Å². The Labute approximate surface area is 148 Å². The lowest BCUT2D eigenvalue weighted by molar-refractivity contribution is 0.206. The largest absolute Gasteiger partial charge is 0.485 e. The molecule has 0 saturated heterocycles. The topological polar surface area (TPSA) is 33.6 Å². The highest BCUT2D eigenvalue weighted by molar-refractivity contribution is 6.04. The highest BCUT2D eigenvalue weighted by atomic mass is 16.5. The van der Waals surface area contributed by atoms with Gasteiger partial charge in [-0.15, -0.1) is 0 Å². The number of nitrogens with zero attached hydrogens (tertiary/aromatic N) is 1. The van der Waals surface area contributed by atoms with Crippen LogP contribution in [-0.4, -0.2) is 5.71 Å². The van der Waals surface area contributed by atoms with Gasteiger partial charge in [0.25, 0.3) is 0 Å². The van der Waals surface area contributed by atoms with Gasteiger partial charge < -0.3 is 4.74 Å². The van der Waals surface area contributed by atoms with E-state index in [0.717, 1.165) is 29.1 Å². The summed E-state index contributed by atoms with van der Waals surface area (Å²) >= 11 is 0. The lowest BCUT2D eigenvalue weighted by atomic mass is 9.96. The SMILES string of the molecule is Cc1ccccc1NN=C1C[C@H](c2ccccc2)Oc2ccccc21. The van der Waals surface area contributed by atoms with Gasteiger partial charge in [0.2, 0.25) is 0 Å². The normalized spacial score (nSPS) is 17.6. The van der Waals surface area contributed by atoms with Crippen LogP contribution in [-0.2, 0) is 0 Å². The maximum absolute atomic E-state index is 6.22. The summed E-state index contributed by atoms with van der Waals surface area (Å²) in [4.78, 5) is 0. The van der Waals surface area contributed by atoms with Crippen LogP contribution in [0.25, 0.3) is 0 Å². The van der Waals surface area contributed by atoms with Crippen molar-refractivity contribution in [2.45, 2.75) is 19.4 Å². The summed E-state index contributed by atoms with van der Waals surface area (Å²) in [5.74, 6) is 0.882. The summed E-state index contributed by atoms with van der Waals surface area (Å²) in [7, 11) is 0. The molecule has 1 N–H and O–H groups in total. The number of ether oxygens (including phenoxy) is 1. The number of aryl methyl sites for hydroxylation is 1. The van der Waals surface area contributed by atoms with Crippen LogP contribution in [0.2, 0.25) is 0 Å². The van der Waals surface area contributed by atoms with Gasteiger partial charge in [-0.3, -0.25) is 5.43 Å². The van der Waals surface area contributed by atoms with E-state index in [1.165, 1.54) is 11.1 Å². The van der Waals surface area contributed by atoms with Crippen LogP contribution in [0.3, 0.4) is 0 Å². The Morgan fingerprint density at radius 1 is 0.880 bits per heavy atom. The zero-order valence-electron chi connectivity index (χ0n) is 14.1. The minimum Gasteiger partial charge on any atom is -0.485 e. The summed E-state index contributed by atoms with van der Waals surface area (Å²) in [6.45, 7) is 2.08. The van der Waals surface area contributed by atoms with E-state index in [1.54, 1.807) is 0 Å². The number of rotatable bonds is 3. The van der Waals surface area contributed by atoms with E-state index in [2.05, 4.69) is 36.6 Å². The molecule has 124 valence electrons. The van der Waals surface area contributed by atoms with Crippen LogP contribution in [0.5, 0.6) is 5.75 Å². The van der Waals surface area contributed by atoms with Crippen molar-refractivity contribution >= 4 is 11.4 Å². The highest BCUT2D eigenvalue weighted by Crippen LogP contribution is 2.35. The Hall–Kier alpha value is -3.07. The van der Waals surface area contributed by atoms with Gasteiger partial charge in [0, 0.05) is 12.0 Å². The molecule has 1 aliphatic rings. The van der Waals surface area contributed by atoms with E-state index in [-0.39, 0.29) is 6.10 Å². The van der Waals surface area contributed by atoms with E-state index in [9.17, 15) is 0 Å². The van der Waals surface area contributed by atoms with E-state index < -0.39 is 0 Å². The third-order valence-corrected chi connectivity index (χ3v) is 4.47. The molecule has 0 aliphatic carbocycles. The third-order valence-electron chi connectivity index (χ3n) is 4.47. The second kappa shape index (κ2) is 6.81. The number of hydrogen-bond donors (Lipinski definition) is 1. The Morgan fingerprint density at radius 3 is 2.44 bits per heavy atom. The van der Waals surface area contributed by atoms with Crippen LogP contribution in [0.15, 0.2) is 84.0 Å². The molecule has 0 fully saturated rings. The van der Waals surface area contributed by atoms with Crippen LogP contribution in [0, 0.1) is 6.92 Å². The quantitative estimate of drug-likeness (QED) is 0.659. The number of fused-ring (bicyclic) bond motifs is 1.